The highest BCUT2D eigenvalue weighted by molar-refractivity contribution is 7.80. The summed E-state index contributed by atoms with van der Waals surface area (Å²) in [6.45, 7) is 12.8. The van der Waals surface area contributed by atoms with Crippen molar-refractivity contribution in [1.82, 2.24) is 0 Å². The van der Waals surface area contributed by atoms with Crippen LogP contribution in [0.5, 0.6) is 0 Å². The van der Waals surface area contributed by atoms with Crippen LogP contribution in [-0.4, -0.2) is 19.3 Å². The molecule has 30 heavy (non-hydrogen) atoms. The van der Waals surface area contributed by atoms with E-state index in [1.165, 1.54) is 44.5 Å². The van der Waals surface area contributed by atoms with E-state index in [-0.39, 0.29) is 19.3 Å². The zero-order valence-corrected chi connectivity index (χ0v) is 19.5. The first kappa shape index (κ1) is 21.2. The second-order valence-corrected chi connectivity index (χ2v) is 9.10. The number of hydrogen-bond donors (Lipinski definition) is 1. The highest BCUT2D eigenvalue weighted by Gasteiger charge is 2.36. The minimum Gasteiger partial charge on any atom is -0.402 e. The lowest BCUT2D eigenvalue weighted by atomic mass is 9.75. The van der Waals surface area contributed by atoms with E-state index in [9.17, 15) is 0 Å². The second-order valence-electron chi connectivity index (χ2n) is 8.58. The van der Waals surface area contributed by atoms with Crippen molar-refractivity contribution in [3.05, 3.63) is 70.8 Å². The van der Waals surface area contributed by atoms with Crippen molar-refractivity contribution >= 4 is 25.2 Å². The Kier molecular flexibility index (Phi) is 5.85. The molecule has 2 nitrogen and oxygen atoms in total. The standard InChI is InChI=1S/C26H29BO2S/c1-15-8-7-9-16(2)25(15)21-12-22(26-17(3)10-24(30)11-18(26)4)14-23(13-21)27-28-19(5)20(6)29-27/h7-14,19-20,30H,1-6H3. The molecule has 154 valence electrons. The van der Waals surface area contributed by atoms with Gasteiger partial charge < -0.3 is 9.31 Å². The van der Waals surface area contributed by atoms with Crippen molar-refractivity contribution in [3.8, 4) is 22.3 Å². The van der Waals surface area contributed by atoms with Crippen molar-refractivity contribution in [2.75, 3.05) is 0 Å². The molecule has 1 saturated heterocycles. The van der Waals surface area contributed by atoms with Gasteiger partial charge in [-0.2, -0.15) is 0 Å². The quantitative estimate of drug-likeness (QED) is 0.413. The zero-order valence-electron chi connectivity index (χ0n) is 18.6. The Hall–Kier alpha value is -2.01. The van der Waals surface area contributed by atoms with Gasteiger partial charge in [0.25, 0.3) is 0 Å². The van der Waals surface area contributed by atoms with Gasteiger partial charge in [0.2, 0.25) is 0 Å². The second kappa shape index (κ2) is 8.26. The predicted molar refractivity (Wildman–Crippen MR) is 130 cm³/mol. The molecule has 3 aromatic rings. The molecule has 1 aliphatic rings. The normalized spacial score (nSPS) is 18.8. The number of rotatable bonds is 3. The summed E-state index contributed by atoms with van der Waals surface area (Å²) in [7, 11) is -0.345. The first-order chi connectivity index (χ1) is 14.2. The molecule has 4 heteroatoms. The lowest BCUT2D eigenvalue weighted by Gasteiger charge is -2.18. The molecule has 2 atom stereocenters. The van der Waals surface area contributed by atoms with Gasteiger partial charge in [-0.1, -0.05) is 30.3 Å². The molecule has 1 aliphatic heterocycles. The minimum absolute atomic E-state index is 0.0780. The minimum atomic E-state index is -0.345. The average molecular weight is 416 g/mol. The van der Waals surface area contributed by atoms with Crippen LogP contribution in [0.15, 0.2) is 53.4 Å². The third kappa shape index (κ3) is 3.97. The summed E-state index contributed by atoms with van der Waals surface area (Å²) in [6, 6.07) is 17.5. The van der Waals surface area contributed by atoms with Crippen LogP contribution in [0.25, 0.3) is 22.3 Å². The van der Waals surface area contributed by atoms with Gasteiger partial charge in [-0.25, -0.2) is 0 Å². The van der Waals surface area contributed by atoms with Crippen LogP contribution in [0, 0.1) is 27.7 Å². The topological polar surface area (TPSA) is 18.5 Å². The van der Waals surface area contributed by atoms with Crippen molar-refractivity contribution in [2.45, 2.75) is 58.6 Å². The molecule has 0 aliphatic carbocycles. The van der Waals surface area contributed by atoms with Crippen LogP contribution in [0.2, 0.25) is 0 Å². The van der Waals surface area contributed by atoms with Crippen molar-refractivity contribution in [3.63, 3.8) is 0 Å². The molecule has 0 spiro atoms. The monoisotopic (exact) mass is 416 g/mol. The maximum Gasteiger partial charge on any atom is 0.494 e. The van der Waals surface area contributed by atoms with Crippen LogP contribution in [0.3, 0.4) is 0 Å². The summed E-state index contributed by atoms with van der Waals surface area (Å²) in [5.74, 6) is 0. The van der Waals surface area contributed by atoms with Crippen molar-refractivity contribution in [1.29, 1.82) is 0 Å². The van der Waals surface area contributed by atoms with E-state index >= 15 is 0 Å². The number of thiol groups is 1. The van der Waals surface area contributed by atoms with Crippen molar-refractivity contribution < 1.29 is 9.31 Å². The first-order valence-corrected chi connectivity index (χ1v) is 11.0. The van der Waals surface area contributed by atoms with Crippen LogP contribution in [0.1, 0.15) is 36.1 Å². The number of aryl methyl sites for hydroxylation is 4. The molecule has 0 aromatic heterocycles. The SMILES string of the molecule is Cc1cccc(C)c1-c1cc(B2OC(C)C(C)O2)cc(-c2c(C)cc(S)cc2C)c1. The molecule has 0 N–H and O–H groups in total. The number of benzene rings is 3. The van der Waals surface area contributed by atoms with Gasteiger partial charge in [0.1, 0.15) is 0 Å². The Morgan fingerprint density at radius 3 is 1.67 bits per heavy atom. The average Bonchev–Trinajstić information content (AvgIpc) is 2.99. The Morgan fingerprint density at radius 2 is 1.17 bits per heavy atom. The molecule has 3 aromatic carbocycles. The van der Waals surface area contributed by atoms with Crippen LogP contribution in [-0.2, 0) is 9.31 Å². The van der Waals surface area contributed by atoms with Crippen molar-refractivity contribution in [2.24, 2.45) is 0 Å². The number of hydrogen-bond acceptors (Lipinski definition) is 3. The fourth-order valence-corrected chi connectivity index (χ4v) is 4.93. The Bertz CT molecular complexity index is 1050. The van der Waals surface area contributed by atoms with Gasteiger partial charge in [0, 0.05) is 4.90 Å². The molecule has 4 rings (SSSR count). The molecule has 2 unspecified atom stereocenters. The highest BCUT2D eigenvalue weighted by Crippen LogP contribution is 2.34. The highest BCUT2D eigenvalue weighted by atomic mass is 32.1. The van der Waals surface area contributed by atoms with Gasteiger partial charge in [-0.05, 0) is 110 Å². The largest absolute Gasteiger partial charge is 0.494 e. The molecule has 0 saturated carbocycles. The maximum absolute atomic E-state index is 6.15. The summed E-state index contributed by atoms with van der Waals surface area (Å²) < 4.78 is 12.3. The van der Waals surface area contributed by atoms with E-state index in [4.69, 9.17) is 9.31 Å². The molecular weight excluding hydrogens is 387 g/mol. The predicted octanol–water partition coefficient (Wildman–Crippen LogP) is 6.06. The third-order valence-corrected chi connectivity index (χ3v) is 6.40. The fraction of sp³-hybridized carbons (Fsp3) is 0.308. The summed E-state index contributed by atoms with van der Waals surface area (Å²) in [5.41, 5.74) is 11.0. The lowest BCUT2D eigenvalue weighted by molar-refractivity contribution is 0.187. The maximum atomic E-state index is 6.15. The van der Waals surface area contributed by atoms with E-state index in [1.54, 1.807) is 0 Å². The summed E-state index contributed by atoms with van der Waals surface area (Å²) in [6.07, 6.45) is 0.156. The van der Waals surface area contributed by atoms with E-state index in [1.807, 2.05) is 0 Å². The molecular formula is C26H29BO2S. The van der Waals surface area contributed by atoms with Crippen LogP contribution in [0.4, 0.5) is 0 Å². The first-order valence-electron chi connectivity index (χ1n) is 10.6. The molecule has 0 bridgehead atoms. The third-order valence-electron chi connectivity index (χ3n) is 6.14. The summed E-state index contributed by atoms with van der Waals surface area (Å²) in [5, 5.41) is 0. The van der Waals surface area contributed by atoms with Crippen LogP contribution < -0.4 is 5.46 Å². The van der Waals surface area contributed by atoms with Gasteiger partial charge in [0.15, 0.2) is 0 Å². The molecule has 1 heterocycles. The van der Waals surface area contributed by atoms with Crippen LogP contribution >= 0.6 is 12.6 Å². The van der Waals surface area contributed by atoms with E-state index in [0.717, 1.165) is 10.4 Å². The zero-order chi connectivity index (χ0) is 21.6. The van der Waals surface area contributed by atoms with E-state index < -0.39 is 0 Å². The fourth-order valence-electron chi connectivity index (χ4n) is 4.54. The summed E-state index contributed by atoms with van der Waals surface area (Å²) >= 11 is 4.56. The van der Waals surface area contributed by atoms with E-state index in [2.05, 4.69) is 103 Å². The Morgan fingerprint density at radius 1 is 0.700 bits per heavy atom. The van der Waals surface area contributed by atoms with Gasteiger partial charge >= 0.3 is 7.12 Å². The lowest BCUT2D eigenvalue weighted by Crippen LogP contribution is -2.32. The Labute approximate surface area is 186 Å². The summed E-state index contributed by atoms with van der Waals surface area (Å²) in [4.78, 5) is 0.991. The molecule has 0 amide bonds. The Balaban J connectivity index is 1.94. The van der Waals surface area contributed by atoms with E-state index in [0.29, 0.717) is 0 Å². The van der Waals surface area contributed by atoms with Gasteiger partial charge in [-0.15, -0.1) is 12.6 Å². The molecule has 0 radical (unpaired) electrons. The smallest absolute Gasteiger partial charge is 0.402 e. The molecule has 1 fully saturated rings. The van der Waals surface area contributed by atoms with Gasteiger partial charge in [0.05, 0.1) is 12.2 Å². The van der Waals surface area contributed by atoms with Gasteiger partial charge in [-0.3, -0.25) is 0 Å².